The molecule has 214 valence electrons. The molecule has 0 aliphatic rings. The van der Waals surface area contributed by atoms with E-state index in [1.54, 1.807) is 0 Å². The quantitative estimate of drug-likeness (QED) is 0.193. The molecule has 0 radical (unpaired) electrons. The summed E-state index contributed by atoms with van der Waals surface area (Å²) in [5.41, 5.74) is 8.29. The van der Waals surface area contributed by atoms with Gasteiger partial charge in [-0.25, -0.2) is 0 Å². The van der Waals surface area contributed by atoms with Gasteiger partial charge < -0.3 is 8.83 Å². The van der Waals surface area contributed by atoms with Crippen molar-refractivity contribution in [1.82, 2.24) is 0 Å². The van der Waals surface area contributed by atoms with Gasteiger partial charge in [0.15, 0.2) is 11.2 Å². The Balaban J connectivity index is 1.39. The number of fused-ring (bicyclic) bond motifs is 8. The number of furan rings is 2. The zero-order valence-electron chi connectivity index (χ0n) is 24.8. The summed E-state index contributed by atoms with van der Waals surface area (Å²) in [6, 6.07) is 56.1. The third-order valence-electron chi connectivity index (χ3n) is 9.47. The van der Waals surface area contributed by atoms with E-state index in [1.165, 1.54) is 49.0 Å². The van der Waals surface area contributed by atoms with E-state index in [-0.39, 0.29) is 0 Å². The Labute approximate surface area is 264 Å². The molecule has 2 heterocycles. The highest BCUT2D eigenvalue weighted by Gasteiger charge is 2.23. The first-order valence-corrected chi connectivity index (χ1v) is 15.7. The molecule has 2 nitrogen and oxygen atoms in total. The van der Waals surface area contributed by atoms with Crippen molar-refractivity contribution < 1.29 is 8.83 Å². The van der Waals surface area contributed by atoms with Gasteiger partial charge in [0.25, 0.3) is 0 Å². The largest absolute Gasteiger partial charge is 0.452 e. The molecule has 0 amide bonds. The fraction of sp³-hybridized carbons (Fsp3) is 0. The molecule has 0 fully saturated rings. The molecule has 0 aliphatic carbocycles. The summed E-state index contributed by atoms with van der Waals surface area (Å²) in [5.74, 6) is 0.825. The second-order valence-electron chi connectivity index (χ2n) is 12.0. The molecule has 0 N–H and O–H groups in total. The minimum atomic E-state index is 0.772. The summed E-state index contributed by atoms with van der Waals surface area (Å²) in [6.45, 7) is 0. The third-order valence-corrected chi connectivity index (χ3v) is 9.47. The van der Waals surface area contributed by atoms with E-state index in [0.717, 1.165) is 49.8 Å². The molecular formula is C44H26O2. The van der Waals surface area contributed by atoms with Crippen LogP contribution in [0.25, 0.3) is 98.8 Å². The standard InChI is InChI=1S/C44H26O2/c1-2-14-28(15-3-1)40-26-38-36(25-37-30-18-10-11-24-39(30)45-43(37)44(38)46-40)42-34-21-8-6-19-32(34)41(33-20-7-9-22-35(33)42)31-23-12-16-27-13-4-5-17-29(27)31/h1-26H. The van der Waals surface area contributed by atoms with Gasteiger partial charge in [-0.2, -0.15) is 0 Å². The van der Waals surface area contributed by atoms with Crippen LogP contribution in [0.1, 0.15) is 0 Å². The Bertz CT molecular complexity index is 2740. The smallest absolute Gasteiger partial charge is 0.178 e. The lowest BCUT2D eigenvalue weighted by Gasteiger charge is -2.19. The molecule has 0 spiro atoms. The number of rotatable bonds is 3. The average Bonchev–Trinajstić information content (AvgIpc) is 3.73. The summed E-state index contributed by atoms with van der Waals surface area (Å²) in [5, 5.41) is 10.5. The van der Waals surface area contributed by atoms with Crippen LogP contribution in [-0.2, 0) is 0 Å². The summed E-state index contributed by atoms with van der Waals surface area (Å²) in [4.78, 5) is 0. The van der Waals surface area contributed by atoms with Crippen LogP contribution in [0.5, 0.6) is 0 Å². The highest BCUT2D eigenvalue weighted by Crippen LogP contribution is 2.49. The SMILES string of the molecule is c1ccc(-c2cc3c(-c4c5ccccc5c(-c5cccc6ccccc56)c5ccccc45)cc4c5ccccc5oc4c3o2)cc1. The normalized spacial score (nSPS) is 11.9. The molecule has 0 aliphatic heterocycles. The summed E-state index contributed by atoms with van der Waals surface area (Å²) in [6.07, 6.45) is 0. The van der Waals surface area contributed by atoms with Crippen LogP contribution in [0.15, 0.2) is 167 Å². The van der Waals surface area contributed by atoms with Crippen LogP contribution in [-0.4, -0.2) is 0 Å². The molecule has 2 heteroatoms. The average molecular weight is 587 g/mol. The minimum absolute atomic E-state index is 0.772. The molecule has 0 saturated heterocycles. The van der Waals surface area contributed by atoms with Crippen molar-refractivity contribution >= 4 is 65.2 Å². The summed E-state index contributed by atoms with van der Waals surface area (Å²) < 4.78 is 13.2. The van der Waals surface area contributed by atoms with Crippen molar-refractivity contribution in [2.24, 2.45) is 0 Å². The van der Waals surface area contributed by atoms with Crippen molar-refractivity contribution in [3.63, 3.8) is 0 Å². The third kappa shape index (κ3) is 3.59. The van der Waals surface area contributed by atoms with E-state index in [9.17, 15) is 0 Å². The van der Waals surface area contributed by atoms with Crippen LogP contribution in [0.4, 0.5) is 0 Å². The lowest BCUT2D eigenvalue weighted by molar-refractivity contribution is 0.611. The van der Waals surface area contributed by atoms with Gasteiger partial charge in [0, 0.05) is 21.7 Å². The van der Waals surface area contributed by atoms with Gasteiger partial charge in [0.05, 0.1) is 0 Å². The van der Waals surface area contributed by atoms with Crippen molar-refractivity contribution in [2.75, 3.05) is 0 Å². The van der Waals surface area contributed by atoms with Crippen molar-refractivity contribution in [3.8, 4) is 33.6 Å². The first kappa shape index (κ1) is 25.2. The first-order valence-electron chi connectivity index (χ1n) is 15.7. The van der Waals surface area contributed by atoms with Crippen molar-refractivity contribution in [2.45, 2.75) is 0 Å². The van der Waals surface area contributed by atoms with E-state index in [4.69, 9.17) is 8.83 Å². The monoisotopic (exact) mass is 586 g/mol. The number of hydrogen-bond donors (Lipinski definition) is 0. The molecule has 46 heavy (non-hydrogen) atoms. The van der Waals surface area contributed by atoms with E-state index in [2.05, 4.69) is 127 Å². The zero-order valence-corrected chi connectivity index (χ0v) is 24.8. The molecule has 10 rings (SSSR count). The van der Waals surface area contributed by atoms with E-state index in [0.29, 0.717) is 0 Å². The van der Waals surface area contributed by atoms with Gasteiger partial charge in [-0.15, -0.1) is 0 Å². The highest BCUT2D eigenvalue weighted by atomic mass is 16.4. The first-order chi connectivity index (χ1) is 22.8. The van der Waals surface area contributed by atoms with Crippen LogP contribution < -0.4 is 0 Å². The molecule has 10 aromatic rings. The molecular weight excluding hydrogens is 560 g/mol. The Morgan fingerprint density at radius 2 is 0.870 bits per heavy atom. The zero-order chi connectivity index (χ0) is 30.2. The van der Waals surface area contributed by atoms with Crippen molar-refractivity contribution in [1.29, 1.82) is 0 Å². The van der Waals surface area contributed by atoms with Gasteiger partial charge >= 0.3 is 0 Å². The fourth-order valence-corrected chi connectivity index (χ4v) is 7.46. The molecule has 0 bridgehead atoms. The van der Waals surface area contributed by atoms with Gasteiger partial charge in [-0.3, -0.25) is 0 Å². The number of para-hydroxylation sites is 1. The Hall–Kier alpha value is -6.12. The topological polar surface area (TPSA) is 26.3 Å². The van der Waals surface area contributed by atoms with E-state index in [1.807, 2.05) is 30.3 Å². The minimum Gasteiger partial charge on any atom is -0.452 e. The van der Waals surface area contributed by atoms with Gasteiger partial charge in [-0.1, -0.05) is 140 Å². The van der Waals surface area contributed by atoms with Crippen LogP contribution in [0.3, 0.4) is 0 Å². The summed E-state index contributed by atoms with van der Waals surface area (Å²) >= 11 is 0. The Morgan fingerprint density at radius 3 is 1.59 bits per heavy atom. The summed E-state index contributed by atoms with van der Waals surface area (Å²) in [7, 11) is 0. The highest BCUT2D eigenvalue weighted by molar-refractivity contribution is 6.27. The van der Waals surface area contributed by atoms with Crippen molar-refractivity contribution in [3.05, 3.63) is 158 Å². The fourth-order valence-electron chi connectivity index (χ4n) is 7.46. The second-order valence-corrected chi connectivity index (χ2v) is 12.0. The van der Waals surface area contributed by atoms with E-state index >= 15 is 0 Å². The predicted molar refractivity (Wildman–Crippen MR) is 192 cm³/mol. The maximum Gasteiger partial charge on any atom is 0.178 e. The lowest BCUT2D eigenvalue weighted by atomic mass is 9.84. The van der Waals surface area contributed by atoms with Crippen LogP contribution in [0, 0.1) is 0 Å². The van der Waals surface area contributed by atoms with Gasteiger partial charge in [-0.05, 0) is 72.8 Å². The number of benzene rings is 8. The van der Waals surface area contributed by atoms with E-state index < -0.39 is 0 Å². The Morgan fingerprint density at radius 1 is 0.326 bits per heavy atom. The Kier molecular flexibility index (Phi) is 5.31. The molecule has 2 aromatic heterocycles. The molecule has 0 unspecified atom stereocenters. The predicted octanol–water partition coefficient (Wildman–Crippen LogP) is 12.8. The molecule has 0 atom stereocenters. The maximum absolute atomic E-state index is 6.73. The van der Waals surface area contributed by atoms with Crippen LogP contribution >= 0.6 is 0 Å². The lowest BCUT2D eigenvalue weighted by Crippen LogP contribution is -1.92. The second kappa shape index (κ2) is 9.69. The van der Waals surface area contributed by atoms with Crippen LogP contribution in [0.2, 0.25) is 0 Å². The maximum atomic E-state index is 6.73. The molecule has 0 saturated carbocycles. The van der Waals surface area contributed by atoms with Gasteiger partial charge in [0.1, 0.15) is 11.3 Å². The van der Waals surface area contributed by atoms with Gasteiger partial charge in [0.2, 0.25) is 0 Å². The number of hydrogen-bond acceptors (Lipinski definition) is 2. The molecule has 8 aromatic carbocycles.